The quantitative estimate of drug-likeness (QED) is 0.0247. The average molecular weight is 1850 g/mol. The summed E-state index contributed by atoms with van der Waals surface area (Å²) in [4.78, 5) is 37.8. The van der Waals surface area contributed by atoms with E-state index in [9.17, 15) is 45.0 Å². The molecule has 3 aliphatic heterocycles. The summed E-state index contributed by atoms with van der Waals surface area (Å²) in [6.07, 6.45) is 41.0. The lowest BCUT2D eigenvalue weighted by molar-refractivity contribution is -0.117. The number of rotatable bonds is 22. The van der Waals surface area contributed by atoms with Crippen LogP contribution in [0.4, 0.5) is 0 Å². The largest absolute Gasteiger partial charge is 0.508 e. The number of benzene rings is 4. The molecular formula is C123H176O12. The van der Waals surface area contributed by atoms with Gasteiger partial charge in [-0.05, 0) is 444 Å². The van der Waals surface area contributed by atoms with Crippen LogP contribution in [0.15, 0.2) is 152 Å². The molecule has 8 aliphatic carbocycles. The molecule has 4 aromatic rings. The van der Waals surface area contributed by atoms with Crippen molar-refractivity contribution in [1.82, 2.24) is 0 Å². The number of ketones is 3. The molecule has 0 radical (unpaired) electrons. The second kappa shape index (κ2) is 48.4. The van der Waals surface area contributed by atoms with Gasteiger partial charge in [-0.1, -0.05) is 144 Å². The fourth-order valence-corrected chi connectivity index (χ4v) is 24.6. The summed E-state index contributed by atoms with van der Waals surface area (Å²) < 4.78 is 18.2. The maximum absolute atomic E-state index is 12.8. The molecule has 0 saturated carbocycles. The number of carbonyl (C=O) groups is 3. The van der Waals surface area contributed by atoms with Crippen LogP contribution >= 0.6 is 0 Å². The molecule has 0 amide bonds. The van der Waals surface area contributed by atoms with Crippen LogP contribution in [0.2, 0.25) is 0 Å². The number of aliphatic hydroxyl groups excluding tert-OH is 2. The number of phenolic OH excluding ortho intramolecular Hbond substituents is 4. The first kappa shape index (κ1) is 109. The van der Waals surface area contributed by atoms with Crippen LogP contribution in [0.1, 0.15) is 432 Å². The van der Waals surface area contributed by atoms with Crippen molar-refractivity contribution in [3.05, 3.63) is 229 Å². The van der Waals surface area contributed by atoms with Crippen molar-refractivity contribution in [2.75, 3.05) is 19.8 Å². The molecule has 15 rings (SSSR count). The first-order chi connectivity index (χ1) is 63.8. The normalized spacial score (nSPS) is 25.9. The second-order valence-electron chi connectivity index (χ2n) is 44.9. The molecule has 12 nitrogen and oxygen atoms in total. The lowest BCUT2D eigenvalue weighted by atomic mass is 9.65. The third kappa shape index (κ3) is 25.6. The third-order valence-electron chi connectivity index (χ3n) is 32.9. The minimum absolute atomic E-state index is 0.0702. The van der Waals surface area contributed by atoms with E-state index in [-0.39, 0.29) is 53.5 Å². The van der Waals surface area contributed by atoms with Gasteiger partial charge in [0.1, 0.15) is 40.3 Å². The van der Waals surface area contributed by atoms with E-state index >= 15 is 0 Å². The van der Waals surface area contributed by atoms with Crippen LogP contribution in [-0.2, 0) is 19.1 Å². The van der Waals surface area contributed by atoms with Crippen molar-refractivity contribution < 1.29 is 59.2 Å². The number of fused-ring (bicyclic) bond motifs is 2. The SMILES string of the molecule is C=C1C(=O)C2=C3C(=C1C)OC[C@@H](CCC=C(C)C)[C@@H]3CC[C@H]2C.CC(C)=CCC[C@@H]1C(O)Oc2c(C)cc(O)c3c2[C@H]1CC[C@H]3C.CC(C)=CCC[C@@H]1COc2c(C)cc(O)c3c2[C@H]1CC[C@H]3C.CC(C)=CCC[C@H](C)[C@@H]1CC[C@@H](C)C2=C1C(=O)C(C)=CC2=O.CC(C)=CCC[C@H](C)[C@@H]1CC[C@@H](C)c2c1cc(C)c(C)c2O.CC(C)=CCC[C@H](CO)[C@@H]1CC[C@@H](C)c2c1cc(C)c(C)c2O. The van der Waals surface area contributed by atoms with E-state index in [1.807, 2.05) is 33.8 Å². The molecule has 740 valence electrons. The van der Waals surface area contributed by atoms with Crippen molar-refractivity contribution in [3.8, 4) is 34.5 Å². The standard InChI is InChI=1S/C21H28O2.C21H32O2.C21H32O.C20H28O3.2C20H28O2/c1-12(2)7-6-8-16-11-23-21-15(5)14(4)20(22)18-13(3)9-10-17(16)19(18)21;1-13(2)7-6-8-17(12-22)18-10-9-14(3)20-19(18)11-15(4)16(5)21(20)23;1-13(2)8-7-9-14(3)18-11-10-15(4)20-19(18)12-16(5)17(6)21(20)22;1-11(2)6-5-7-15-14-9-8-12(3)17-16(21)10-13(4)19(18(14)17)23-20(15)22;1-12(2)6-5-7-15-11-22-20-14(4)10-17(21)18-13(3)8-9-16(15)19(18)20;1-12(2)7-6-8-13(3)16-10-9-14(4)18-17(21)11-15(5)20(22)19(16)18/h7,13,16-17H,4,6,8-11H2,1-3,5H3;7,11,14,17-18,22-23H,6,8-10,12H2,1-5H3;8,12,14-15,18,22H,7,9-11H2,1-6H3;6,10,12,14-15,20-22H,5,7-9H2,1-4H3;6,10,13,15-16,21H,5,7-9,11H2,1-4H3;7,11,13-14,16H,6,8-10H2,1-5H3/t13-,16-,17+;14-,17-,18+;14-,15+,18-;12-,14+,15+,20?;13-,15-,16+;13-,14+,16-/m110110/s1. The molecule has 0 spiro atoms. The van der Waals surface area contributed by atoms with Gasteiger partial charge in [0.15, 0.2) is 17.3 Å². The van der Waals surface area contributed by atoms with Gasteiger partial charge in [-0.2, -0.15) is 0 Å². The maximum Gasteiger partial charge on any atom is 0.200 e. The summed E-state index contributed by atoms with van der Waals surface area (Å²) in [6, 6.07) is 8.27. The zero-order valence-corrected chi connectivity index (χ0v) is 88.8. The molecule has 19 atom stereocenters. The zero-order chi connectivity index (χ0) is 99.3. The van der Waals surface area contributed by atoms with E-state index < -0.39 is 6.29 Å². The predicted octanol–water partition coefficient (Wildman–Crippen LogP) is 31.9. The van der Waals surface area contributed by atoms with Crippen LogP contribution in [0.25, 0.3) is 0 Å². The van der Waals surface area contributed by atoms with Gasteiger partial charge in [0.05, 0.1) is 13.2 Å². The highest BCUT2D eigenvalue weighted by Crippen LogP contribution is 2.59. The van der Waals surface area contributed by atoms with Gasteiger partial charge >= 0.3 is 0 Å². The number of hydrogen-bond donors (Lipinski definition) is 6. The topological polar surface area (TPSA) is 200 Å². The average Bonchev–Trinajstić information content (AvgIpc) is 0.755. The Bertz CT molecular complexity index is 5250. The lowest BCUT2D eigenvalue weighted by Crippen LogP contribution is -2.38. The van der Waals surface area contributed by atoms with E-state index in [0.717, 1.165) is 206 Å². The third-order valence-corrected chi connectivity index (χ3v) is 32.9. The van der Waals surface area contributed by atoms with Crippen molar-refractivity contribution in [2.45, 2.75) is 402 Å². The fourth-order valence-electron chi connectivity index (χ4n) is 24.6. The number of aliphatic hydroxyl groups is 2. The van der Waals surface area contributed by atoms with Gasteiger partial charge in [0.2, 0.25) is 6.29 Å². The molecule has 4 aromatic carbocycles. The molecule has 0 aromatic heterocycles. The monoisotopic (exact) mass is 1850 g/mol. The Hall–Kier alpha value is -8.45. The van der Waals surface area contributed by atoms with Gasteiger partial charge in [-0.15, -0.1) is 0 Å². The Labute approximate surface area is 816 Å². The van der Waals surface area contributed by atoms with E-state index in [4.69, 9.17) is 14.2 Å². The molecule has 6 N–H and O–H groups in total. The smallest absolute Gasteiger partial charge is 0.200 e. The molecule has 12 heteroatoms. The van der Waals surface area contributed by atoms with Crippen LogP contribution in [0.5, 0.6) is 34.5 Å². The number of aryl methyl sites for hydroxylation is 4. The number of hydrogen-bond acceptors (Lipinski definition) is 12. The Morgan fingerprint density at radius 2 is 0.815 bits per heavy atom. The van der Waals surface area contributed by atoms with Crippen LogP contribution in [-0.4, -0.2) is 74.1 Å². The first-order valence-electron chi connectivity index (χ1n) is 52.4. The second-order valence-corrected chi connectivity index (χ2v) is 44.9. The van der Waals surface area contributed by atoms with Crippen molar-refractivity contribution >= 4 is 17.3 Å². The van der Waals surface area contributed by atoms with Crippen molar-refractivity contribution in [3.63, 3.8) is 0 Å². The molecule has 135 heavy (non-hydrogen) atoms. The van der Waals surface area contributed by atoms with E-state index in [2.05, 4.69) is 214 Å². The number of phenols is 4. The van der Waals surface area contributed by atoms with Gasteiger partial charge in [-0.25, -0.2) is 0 Å². The van der Waals surface area contributed by atoms with Gasteiger partial charge in [0, 0.05) is 96.8 Å². The molecule has 0 bridgehead atoms. The highest BCUT2D eigenvalue weighted by Gasteiger charge is 2.48. The molecular weight excluding hydrogens is 1670 g/mol. The number of aromatic hydroxyl groups is 4. The van der Waals surface area contributed by atoms with Crippen molar-refractivity contribution in [2.24, 2.45) is 59.2 Å². The Morgan fingerprint density at radius 1 is 0.415 bits per heavy atom. The highest BCUT2D eigenvalue weighted by atomic mass is 16.6. The Balaban J connectivity index is 0.000000168. The zero-order valence-electron chi connectivity index (χ0n) is 88.8. The number of allylic oxidation sites excluding steroid dienone is 20. The van der Waals surface area contributed by atoms with Crippen LogP contribution in [0.3, 0.4) is 0 Å². The van der Waals surface area contributed by atoms with E-state index in [0.29, 0.717) is 111 Å². The fraction of sp³-hybridized carbons (Fsp3) is 0.602. The highest BCUT2D eigenvalue weighted by molar-refractivity contribution is 6.23. The molecule has 3 heterocycles. The molecule has 1 saturated heterocycles. The van der Waals surface area contributed by atoms with Gasteiger partial charge in [-0.3, -0.25) is 14.4 Å². The summed E-state index contributed by atoms with van der Waals surface area (Å²) in [5.74, 6) is 12.4. The van der Waals surface area contributed by atoms with Crippen LogP contribution in [0, 0.1) is 101 Å². The van der Waals surface area contributed by atoms with Gasteiger partial charge < -0.3 is 44.8 Å². The van der Waals surface area contributed by atoms with Gasteiger partial charge in [0.25, 0.3) is 0 Å². The number of Topliss-reactive ketones (excluding diaryl/α,β-unsaturated/α-hetero) is 2. The lowest BCUT2D eigenvalue weighted by Gasteiger charge is -2.44. The summed E-state index contributed by atoms with van der Waals surface area (Å²) in [5.41, 5.74) is 30.4. The first-order valence-corrected chi connectivity index (χ1v) is 52.4. The number of carbonyl (C=O) groups excluding carboxylic acids is 3. The number of ether oxygens (including phenoxy) is 3. The molecule has 11 aliphatic rings. The van der Waals surface area contributed by atoms with Crippen molar-refractivity contribution in [1.29, 1.82) is 0 Å². The van der Waals surface area contributed by atoms with Crippen LogP contribution < -0.4 is 9.47 Å². The van der Waals surface area contributed by atoms with E-state index in [1.54, 1.807) is 13.0 Å². The minimum atomic E-state index is -0.748. The maximum atomic E-state index is 12.8. The van der Waals surface area contributed by atoms with E-state index in [1.165, 1.54) is 124 Å². The summed E-state index contributed by atoms with van der Waals surface area (Å²) in [6.45, 7) is 65.2. The molecule has 1 unspecified atom stereocenters. The molecule has 1 fully saturated rings. The summed E-state index contributed by atoms with van der Waals surface area (Å²) >= 11 is 0. The minimum Gasteiger partial charge on any atom is -0.508 e. The predicted molar refractivity (Wildman–Crippen MR) is 560 cm³/mol. The summed E-state index contributed by atoms with van der Waals surface area (Å²) in [5, 5.41) is 62.7. The Morgan fingerprint density at radius 3 is 1.33 bits per heavy atom. The summed E-state index contributed by atoms with van der Waals surface area (Å²) in [7, 11) is 0. The Kier molecular flexibility index (Phi) is 38.9.